The topological polar surface area (TPSA) is 58.4 Å². The van der Waals surface area contributed by atoms with E-state index in [-0.39, 0.29) is 10.6 Å². The molecule has 2 heterocycles. The Morgan fingerprint density at radius 3 is 2.42 bits per heavy atom. The molecule has 0 aromatic heterocycles. The molecule has 0 radical (unpaired) electrons. The lowest BCUT2D eigenvalue weighted by molar-refractivity contribution is -0.384. The number of nitrogens with one attached hydrogen (secondary N) is 1. The first-order valence-electron chi connectivity index (χ1n) is 6.93. The third-order valence-corrected chi connectivity index (χ3v) is 4.51. The van der Waals surface area contributed by atoms with E-state index in [1.165, 1.54) is 38.8 Å². The maximum atomic E-state index is 10.6. The number of rotatable bonds is 4. The van der Waals surface area contributed by atoms with Gasteiger partial charge in [0.15, 0.2) is 0 Å². The lowest BCUT2D eigenvalue weighted by Gasteiger charge is -2.32. The largest absolute Gasteiger partial charge is 0.383 e. The molecule has 1 aromatic carbocycles. The minimum Gasteiger partial charge on any atom is -0.383 e. The standard InChI is InChI=1S/C14H19N3O2/c18-17(19)13-5-3-12(4-6-13)15-11-14-7-1-9-16(14)10-2-8-14/h3-6,15H,1-2,7-11H2. The van der Waals surface area contributed by atoms with Crippen LogP contribution in [0.3, 0.4) is 0 Å². The second-order valence-electron chi connectivity index (χ2n) is 5.58. The Morgan fingerprint density at radius 1 is 1.21 bits per heavy atom. The Kier molecular flexibility index (Phi) is 3.14. The summed E-state index contributed by atoms with van der Waals surface area (Å²) in [6, 6.07) is 6.70. The van der Waals surface area contributed by atoms with Gasteiger partial charge in [0, 0.05) is 29.9 Å². The quantitative estimate of drug-likeness (QED) is 0.668. The van der Waals surface area contributed by atoms with Gasteiger partial charge in [-0.1, -0.05) is 0 Å². The average Bonchev–Trinajstić information content (AvgIpc) is 2.96. The molecule has 2 saturated heterocycles. The molecule has 5 nitrogen and oxygen atoms in total. The van der Waals surface area contributed by atoms with Crippen molar-refractivity contribution in [1.82, 2.24) is 4.90 Å². The highest BCUT2D eigenvalue weighted by molar-refractivity contribution is 5.48. The molecular formula is C14H19N3O2. The smallest absolute Gasteiger partial charge is 0.269 e. The van der Waals surface area contributed by atoms with Crippen molar-refractivity contribution in [3.8, 4) is 0 Å². The van der Waals surface area contributed by atoms with Gasteiger partial charge in [0.2, 0.25) is 0 Å². The molecule has 102 valence electrons. The number of hydrogen-bond donors (Lipinski definition) is 1. The zero-order valence-electron chi connectivity index (χ0n) is 11.0. The molecule has 0 atom stereocenters. The molecule has 2 fully saturated rings. The van der Waals surface area contributed by atoms with Crippen LogP contribution in [0.1, 0.15) is 25.7 Å². The van der Waals surface area contributed by atoms with Gasteiger partial charge in [-0.3, -0.25) is 15.0 Å². The maximum Gasteiger partial charge on any atom is 0.269 e. The summed E-state index contributed by atoms with van der Waals surface area (Å²) in [5, 5.41) is 14.1. The first-order valence-corrected chi connectivity index (χ1v) is 6.93. The number of hydrogen-bond acceptors (Lipinski definition) is 4. The SMILES string of the molecule is O=[N+]([O-])c1ccc(NCC23CCCN2CCC3)cc1. The summed E-state index contributed by atoms with van der Waals surface area (Å²) in [7, 11) is 0. The molecule has 0 aliphatic carbocycles. The molecule has 19 heavy (non-hydrogen) atoms. The Morgan fingerprint density at radius 2 is 1.84 bits per heavy atom. The molecule has 0 saturated carbocycles. The highest BCUT2D eigenvalue weighted by atomic mass is 16.6. The van der Waals surface area contributed by atoms with Crippen LogP contribution in [0.4, 0.5) is 11.4 Å². The third-order valence-electron chi connectivity index (χ3n) is 4.51. The van der Waals surface area contributed by atoms with E-state index in [1.807, 2.05) is 0 Å². The van der Waals surface area contributed by atoms with Gasteiger partial charge >= 0.3 is 0 Å². The predicted octanol–water partition coefficient (Wildman–Crippen LogP) is 2.64. The number of nitro benzene ring substituents is 1. The van der Waals surface area contributed by atoms with Crippen LogP contribution in [-0.2, 0) is 0 Å². The zero-order chi connectivity index (χ0) is 13.3. The van der Waals surface area contributed by atoms with Gasteiger partial charge in [-0.2, -0.15) is 0 Å². The second kappa shape index (κ2) is 4.81. The maximum absolute atomic E-state index is 10.6. The number of fused-ring (bicyclic) bond motifs is 1. The molecule has 0 amide bonds. The Hall–Kier alpha value is -1.62. The van der Waals surface area contributed by atoms with Crippen LogP contribution in [0, 0.1) is 10.1 Å². The fraction of sp³-hybridized carbons (Fsp3) is 0.571. The van der Waals surface area contributed by atoms with Gasteiger partial charge in [0.1, 0.15) is 0 Å². The van der Waals surface area contributed by atoms with Crippen molar-refractivity contribution < 1.29 is 4.92 Å². The normalized spacial score (nSPS) is 21.3. The van der Waals surface area contributed by atoms with Crippen molar-refractivity contribution in [2.75, 3.05) is 25.0 Å². The lowest BCUT2D eigenvalue weighted by atomic mass is 9.94. The molecule has 0 spiro atoms. The van der Waals surface area contributed by atoms with Gasteiger partial charge in [0.05, 0.1) is 4.92 Å². The Labute approximate surface area is 112 Å². The van der Waals surface area contributed by atoms with E-state index in [9.17, 15) is 10.1 Å². The summed E-state index contributed by atoms with van der Waals surface area (Å²) in [4.78, 5) is 12.8. The van der Waals surface area contributed by atoms with Gasteiger partial charge in [0.25, 0.3) is 5.69 Å². The minimum absolute atomic E-state index is 0.145. The van der Waals surface area contributed by atoms with E-state index in [1.54, 1.807) is 24.3 Å². The van der Waals surface area contributed by atoms with Crippen LogP contribution in [0.5, 0.6) is 0 Å². The fourth-order valence-corrected chi connectivity index (χ4v) is 3.48. The molecule has 2 aliphatic rings. The molecule has 1 aromatic rings. The van der Waals surface area contributed by atoms with Crippen molar-refractivity contribution in [3.63, 3.8) is 0 Å². The molecule has 0 unspecified atom stereocenters. The third kappa shape index (κ3) is 2.30. The van der Waals surface area contributed by atoms with E-state index in [0.29, 0.717) is 5.54 Å². The number of non-ortho nitro benzene ring substituents is 1. The minimum atomic E-state index is -0.363. The van der Waals surface area contributed by atoms with Crippen LogP contribution in [0.15, 0.2) is 24.3 Å². The van der Waals surface area contributed by atoms with Gasteiger partial charge in [-0.05, 0) is 50.9 Å². The van der Waals surface area contributed by atoms with Crippen LogP contribution >= 0.6 is 0 Å². The summed E-state index contributed by atoms with van der Waals surface area (Å²) in [6.45, 7) is 3.40. The van der Waals surface area contributed by atoms with Crippen molar-refractivity contribution in [2.24, 2.45) is 0 Å². The van der Waals surface area contributed by atoms with Gasteiger partial charge in [-0.15, -0.1) is 0 Å². The Balaban J connectivity index is 1.64. The number of anilines is 1. The molecule has 5 heteroatoms. The average molecular weight is 261 g/mol. The van der Waals surface area contributed by atoms with Gasteiger partial charge < -0.3 is 5.32 Å². The van der Waals surface area contributed by atoms with E-state index < -0.39 is 0 Å². The molecule has 2 aliphatic heterocycles. The van der Waals surface area contributed by atoms with Crippen molar-refractivity contribution in [3.05, 3.63) is 34.4 Å². The van der Waals surface area contributed by atoms with Gasteiger partial charge in [-0.25, -0.2) is 0 Å². The van der Waals surface area contributed by atoms with Crippen LogP contribution in [-0.4, -0.2) is 35.0 Å². The van der Waals surface area contributed by atoms with E-state index in [0.717, 1.165) is 12.2 Å². The van der Waals surface area contributed by atoms with Crippen molar-refractivity contribution in [2.45, 2.75) is 31.2 Å². The van der Waals surface area contributed by atoms with E-state index >= 15 is 0 Å². The summed E-state index contributed by atoms with van der Waals surface area (Å²) in [5.74, 6) is 0. The first-order chi connectivity index (χ1) is 9.20. The molecule has 3 rings (SSSR count). The zero-order valence-corrected chi connectivity index (χ0v) is 11.0. The first kappa shape index (κ1) is 12.4. The Bertz CT molecular complexity index is 462. The highest BCUT2D eigenvalue weighted by Gasteiger charge is 2.43. The summed E-state index contributed by atoms with van der Waals surface area (Å²) in [5.41, 5.74) is 1.45. The molecular weight excluding hydrogens is 242 g/mol. The van der Waals surface area contributed by atoms with E-state index in [2.05, 4.69) is 10.2 Å². The van der Waals surface area contributed by atoms with Crippen LogP contribution in [0.2, 0.25) is 0 Å². The number of benzene rings is 1. The van der Waals surface area contributed by atoms with Crippen LogP contribution < -0.4 is 5.32 Å². The molecule has 1 N–H and O–H groups in total. The monoisotopic (exact) mass is 261 g/mol. The van der Waals surface area contributed by atoms with Crippen molar-refractivity contribution >= 4 is 11.4 Å². The number of nitro groups is 1. The second-order valence-corrected chi connectivity index (χ2v) is 5.58. The fourth-order valence-electron chi connectivity index (χ4n) is 3.48. The summed E-state index contributed by atoms with van der Waals surface area (Å²) >= 11 is 0. The van der Waals surface area contributed by atoms with Crippen molar-refractivity contribution in [1.29, 1.82) is 0 Å². The van der Waals surface area contributed by atoms with Crippen LogP contribution in [0.25, 0.3) is 0 Å². The lowest BCUT2D eigenvalue weighted by Crippen LogP contribution is -2.44. The summed E-state index contributed by atoms with van der Waals surface area (Å²) < 4.78 is 0. The highest BCUT2D eigenvalue weighted by Crippen LogP contribution is 2.38. The summed E-state index contributed by atoms with van der Waals surface area (Å²) in [6.07, 6.45) is 5.13. The predicted molar refractivity (Wildman–Crippen MR) is 74.4 cm³/mol. The van der Waals surface area contributed by atoms with E-state index in [4.69, 9.17) is 0 Å². The molecule has 0 bridgehead atoms. The number of nitrogens with zero attached hydrogens (tertiary/aromatic N) is 2.